The number of nitrogens with two attached hydrogens (primary N) is 1. The van der Waals surface area contributed by atoms with E-state index in [4.69, 9.17) is 10.8 Å². The van der Waals surface area contributed by atoms with Crippen molar-refractivity contribution in [3.63, 3.8) is 0 Å². The Bertz CT molecular complexity index is 155. The van der Waals surface area contributed by atoms with E-state index >= 15 is 0 Å². The minimum absolute atomic E-state index is 0.0778. The van der Waals surface area contributed by atoms with Crippen molar-refractivity contribution in [1.82, 2.24) is 5.32 Å². The molecule has 0 spiro atoms. The molecule has 1 fully saturated rings. The van der Waals surface area contributed by atoms with Crippen LogP contribution in [0.15, 0.2) is 0 Å². The molecule has 0 bridgehead atoms. The number of hydrogen-bond acceptors (Lipinski definition) is 3. The second kappa shape index (κ2) is 3.19. The normalized spacial score (nSPS) is 19.5. The summed E-state index contributed by atoms with van der Waals surface area (Å²) in [5, 5.41) is 11.1. The van der Waals surface area contributed by atoms with Crippen molar-refractivity contribution in [2.75, 3.05) is 13.2 Å². The van der Waals surface area contributed by atoms with Gasteiger partial charge in [-0.1, -0.05) is 0 Å². The van der Waals surface area contributed by atoms with Crippen LogP contribution in [0.2, 0.25) is 0 Å². The minimum atomic E-state index is -0.574. The number of hydrogen-bond donors (Lipinski definition) is 3. The Labute approximate surface area is 65.8 Å². The molecule has 0 unspecified atom stereocenters. The molecule has 1 aliphatic rings. The molecule has 1 amide bonds. The van der Waals surface area contributed by atoms with Crippen molar-refractivity contribution in [3.8, 4) is 0 Å². The monoisotopic (exact) mass is 158 g/mol. The smallest absolute Gasteiger partial charge is 0.240 e. The van der Waals surface area contributed by atoms with E-state index in [1.54, 1.807) is 0 Å². The zero-order valence-electron chi connectivity index (χ0n) is 6.47. The standard InChI is InChI=1S/C7H14N2O2/c8-7(2-3-7)6(11)9-4-1-5-10/h10H,1-5,8H2,(H,9,11). The van der Waals surface area contributed by atoms with Crippen LogP contribution in [0.25, 0.3) is 0 Å². The van der Waals surface area contributed by atoms with Gasteiger partial charge in [0, 0.05) is 13.2 Å². The summed E-state index contributed by atoms with van der Waals surface area (Å²) >= 11 is 0. The summed E-state index contributed by atoms with van der Waals surface area (Å²) in [6.07, 6.45) is 2.18. The Balaban J connectivity index is 2.12. The lowest BCUT2D eigenvalue weighted by molar-refractivity contribution is -0.123. The number of carbonyl (C=O) groups excluding carboxylic acids is 1. The predicted molar refractivity (Wildman–Crippen MR) is 40.9 cm³/mol. The molecule has 0 atom stereocenters. The summed E-state index contributed by atoms with van der Waals surface area (Å²) in [7, 11) is 0. The second-order valence-electron chi connectivity index (χ2n) is 2.99. The van der Waals surface area contributed by atoms with Crippen LogP contribution in [0.4, 0.5) is 0 Å². The summed E-state index contributed by atoms with van der Waals surface area (Å²) in [6, 6.07) is 0. The van der Waals surface area contributed by atoms with Crippen LogP contribution in [0.1, 0.15) is 19.3 Å². The first-order chi connectivity index (χ1) is 5.19. The molecule has 4 N–H and O–H groups in total. The molecule has 1 saturated carbocycles. The fourth-order valence-corrected chi connectivity index (χ4v) is 0.819. The third-order valence-electron chi connectivity index (χ3n) is 1.86. The fraction of sp³-hybridized carbons (Fsp3) is 0.857. The van der Waals surface area contributed by atoms with Gasteiger partial charge in [-0.05, 0) is 19.3 Å². The van der Waals surface area contributed by atoms with E-state index in [1.807, 2.05) is 0 Å². The Morgan fingerprint density at radius 2 is 2.27 bits per heavy atom. The molecule has 4 heteroatoms. The quantitative estimate of drug-likeness (QED) is 0.458. The van der Waals surface area contributed by atoms with Crippen LogP contribution in [-0.4, -0.2) is 29.7 Å². The van der Waals surface area contributed by atoms with E-state index in [-0.39, 0.29) is 12.5 Å². The Morgan fingerprint density at radius 1 is 1.64 bits per heavy atom. The van der Waals surface area contributed by atoms with Crippen molar-refractivity contribution in [2.45, 2.75) is 24.8 Å². The first-order valence-electron chi connectivity index (χ1n) is 3.87. The van der Waals surface area contributed by atoms with E-state index in [1.165, 1.54) is 0 Å². The number of rotatable bonds is 4. The van der Waals surface area contributed by atoms with Crippen molar-refractivity contribution >= 4 is 5.91 Å². The van der Waals surface area contributed by atoms with E-state index in [0.29, 0.717) is 13.0 Å². The number of carbonyl (C=O) groups is 1. The largest absolute Gasteiger partial charge is 0.396 e. The highest BCUT2D eigenvalue weighted by molar-refractivity contribution is 5.88. The summed E-state index contributed by atoms with van der Waals surface area (Å²) in [5.41, 5.74) is 5.02. The maximum Gasteiger partial charge on any atom is 0.240 e. The molecule has 0 aliphatic heterocycles. The summed E-state index contributed by atoms with van der Waals surface area (Å²) < 4.78 is 0. The van der Waals surface area contributed by atoms with E-state index in [0.717, 1.165) is 12.8 Å². The average Bonchev–Trinajstić information content (AvgIpc) is 2.70. The number of aliphatic hydroxyl groups is 1. The second-order valence-corrected chi connectivity index (χ2v) is 2.99. The van der Waals surface area contributed by atoms with Gasteiger partial charge < -0.3 is 16.2 Å². The van der Waals surface area contributed by atoms with Gasteiger partial charge in [0.25, 0.3) is 0 Å². The third-order valence-corrected chi connectivity index (χ3v) is 1.86. The molecule has 0 saturated heterocycles. The van der Waals surface area contributed by atoms with Gasteiger partial charge in [-0.15, -0.1) is 0 Å². The van der Waals surface area contributed by atoms with Gasteiger partial charge >= 0.3 is 0 Å². The lowest BCUT2D eigenvalue weighted by Gasteiger charge is -2.08. The minimum Gasteiger partial charge on any atom is -0.396 e. The molecule has 0 radical (unpaired) electrons. The number of aliphatic hydroxyl groups excluding tert-OH is 1. The maximum absolute atomic E-state index is 11.1. The molecule has 11 heavy (non-hydrogen) atoms. The maximum atomic E-state index is 11.1. The van der Waals surface area contributed by atoms with Crippen LogP contribution in [0.5, 0.6) is 0 Å². The first-order valence-corrected chi connectivity index (χ1v) is 3.87. The first kappa shape index (κ1) is 8.49. The average molecular weight is 158 g/mol. The Morgan fingerprint density at radius 3 is 2.73 bits per heavy atom. The third kappa shape index (κ3) is 2.17. The van der Waals surface area contributed by atoms with E-state index in [9.17, 15) is 4.79 Å². The van der Waals surface area contributed by atoms with Crippen LogP contribution in [0, 0.1) is 0 Å². The van der Waals surface area contributed by atoms with Gasteiger partial charge in [-0.3, -0.25) is 4.79 Å². The van der Waals surface area contributed by atoms with Gasteiger partial charge in [0.2, 0.25) is 5.91 Å². The SMILES string of the molecule is NC1(C(=O)NCCCO)CC1. The fourth-order valence-electron chi connectivity index (χ4n) is 0.819. The highest BCUT2D eigenvalue weighted by Gasteiger charge is 2.45. The highest BCUT2D eigenvalue weighted by Crippen LogP contribution is 2.31. The molecule has 4 nitrogen and oxygen atoms in total. The van der Waals surface area contributed by atoms with Crippen LogP contribution in [-0.2, 0) is 4.79 Å². The summed E-state index contributed by atoms with van der Waals surface area (Å²) in [4.78, 5) is 11.1. The van der Waals surface area contributed by atoms with Gasteiger partial charge in [-0.25, -0.2) is 0 Å². The summed E-state index contributed by atoms with van der Waals surface area (Å²) in [6.45, 7) is 0.631. The van der Waals surface area contributed by atoms with Crippen LogP contribution < -0.4 is 11.1 Å². The molecule has 0 aromatic rings. The Hall–Kier alpha value is -0.610. The van der Waals surface area contributed by atoms with Gasteiger partial charge in [-0.2, -0.15) is 0 Å². The van der Waals surface area contributed by atoms with Crippen LogP contribution >= 0.6 is 0 Å². The molecule has 0 aromatic heterocycles. The van der Waals surface area contributed by atoms with Crippen molar-refractivity contribution < 1.29 is 9.90 Å². The molecule has 0 heterocycles. The molecular weight excluding hydrogens is 144 g/mol. The van der Waals surface area contributed by atoms with Gasteiger partial charge in [0.1, 0.15) is 0 Å². The zero-order chi connectivity index (χ0) is 8.32. The molecular formula is C7H14N2O2. The number of amides is 1. The molecule has 1 aliphatic carbocycles. The Kier molecular flexibility index (Phi) is 2.46. The zero-order valence-corrected chi connectivity index (χ0v) is 6.47. The van der Waals surface area contributed by atoms with Gasteiger partial charge in [0.15, 0.2) is 0 Å². The van der Waals surface area contributed by atoms with Crippen molar-refractivity contribution in [3.05, 3.63) is 0 Å². The highest BCUT2D eigenvalue weighted by atomic mass is 16.3. The van der Waals surface area contributed by atoms with Crippen molar-refractivity contribution in [2.24, 2.45) is 5.73 Å². The lowest BCUT2D eigenvalue weighted by Crippen LogP contribution is -2.43. The molecule has 0 aromatic carbocycles. The van der Waals surface area contributed by atoms with Crippen LogP contribution in [0.3, 0.4) is 0 Å². The summed E-state index contributed by atoms with van der Waals surface area (Å²) in [5.74, 6) is -0.0778. The van der Waals surface area contributed by atoms with Gasteiger partial charge in [0.05, 0.1) is 5.54 Å². The van der Waals surface area contributed by atoms with Crippen molar-refractivity contribution in [1.29, 1.82) is 0 Å². The molecule has 1 rings (SSSR count). The molecule has 64 valence electrons. The van der Waals surface area contributed by atoms with E-state index in [2.05, 4.69) is 5.32 Å². The van der Waals surface area contributed by atoms with E-state index < -0.39 is 5.54 Å². The topological polar surface area (TPSA) is 75.4 Å². The lowest BCUT2D eigenvalue weighted by atomic mass is 10.2. The predicted octanol–water partition coefficient (Wildman–Crippen LogP) is -1.02. The number of nitrogens with one attached hydrogen (secondary N) is 1.